The summed E-state index contributed by atoms with van der Waals surface area (Å²) >= 11 is 5.70. The van der Waals surface area contributed by atoms with E-state index in [1.165, 1.54) is 12.1 Å². The highest BCUT2D eigenvalue weighted by Crippen LogP contribution is 2.14. The molecule has 0 radical (unpaired) electrons. The van der Waals surface area contributed by atoms with E-state index in [9.17, 15) is 8.42 Å². The summed E-state index contributed by atoms with van der Waals surface area (Å²) in [6.07, 6.45) is 0.507. The van der Waals surface area contributed by atoms with E-state index in [0.717, 1.165) is 5.56 Å². The number of benzene rings is 1. The summed E-state index contributed by atoms with van der Waals surface area (Å²) in [5, 5.41) is -0.0896. The van der Waals surface area contributed by atoms with Crippen molar-refractivity contribution in [1.29, 1.82) is 0 Å². The van der Waals surface area contributed by atoms with Gasteiger partial charge in [-0.05, 0) is 32.4 Å². The number of hydrogen-bond acceptors (Lipinski definition) is 3. The van der Waals surface area contributed by atoms with Gasteiger partial charge in [-0.2, -0.15) is 8.42 Å². The second-order valence-electron chi connectivity index (χ2n) is 3.66. The normalized spacial score (nSPS) is 13.7. The fraction of sp³-hybridized carbons (Fsp3) is 0.455. The Morgan fingerprint density at radius 3 is 2.38 bits per heavy atom. The average molecular weight is 263 g/mol. The Labute approximate surface area is 102 Å². The maximum Gasteiger partial charge on any atom is 0.296 e. The molecule has 90 valence electrons. The van der Waals surface area contributed by atoms with Gasteiger partial charge in [0.1, 0.15) is 0 Å². The molecule has 0 heterocycles. The zero-order valence-corrected chi connectivity index (χ0v) is 10.9. The third kappa shape index (κ3) is 4.12. The van der Waals surface area contributed by atoms with Crippen LogP contribution in [0.4, 0.5) is 0 Å². The van der Waals surface area contributed by atoms with Crippen molar-refractivity contribution < 1.29 is 12.6 Å². The monoisotopic (exact) mass is 262 g/mol. The Morgan fingerprint density at radius 1 is 1.31 bits per heavy atom. The highest BCUT2D eigenvalue weighted by molar-refractivity contribution is 7.86. The lowest BCUT2D eigenvalue weighted by atomic mass is 10.2. The molecule has 0 aliphatic heterocycles. The number of hydrogen-bond donors (Lipinski definition) is 0. The lowest BCUT2D eigenvalue weighted by Gasteiger charge is -2.06. The molecular formula is C11H15ClO3S. The molecule has 0 aliphatic carbocycles. The first kappa shape index (κ1) is 13.5. The SMILES string of the molecule is Cc1ccc(S(=O)(=O)OCCC(C)Cl)cc1. The van der Waals surface area contributed by atoms with Crippen LogP contribution in [0.25, 0.3) is 0 Å². The first-order chi connectivity index (χ1) is 7.42. The summed E-state index contributed by atoms with van der Waals surface area (Å²) in [4.78, 5) is 0.181. The zero-order valence-electron chi connectivity index (χ0n) is 9.31. The van der Waals surface area contributed by atoms with Gasteiger partial charge in [0.25, 0.3) is 10.1 Å². The molecule has 1 unspecified atom stereocenters. The number of halogens is 1. The van der Waals surface area contributed by atoms with Crippen molar-refractivity contribution in [1.82, 2.24) is 0 Å². The van der Waals surface area contributed by atoms with Crippen LogP contribution in [-0.4, -0.2) is 20.4 Å². The number of alkyl halides is 1. The lowest BCUT2D eigenvalue weighted by Crippen LogP contribution is -2.09. The van der Waals surface area contributed by atoms with E-state index in [4.69, 9.17) is 15.8 Å². The average Bonchev–Trinajstić information content (AvgIpc) is 2.17. The van der Waals surface area contributed by atoms with Crippen LogP contribution in [0, 0.1) is 6.92 Å². The van der Waals surface area contributed by atoms with E-state index in [0.29, 0.717) is 6.42 Å². The molecule has 0 saturated carbocycles. The Hall–Kier alpha value is -0.580. The quantitative estimate of drug-likeness (QED) is 0.605. The molecule has 16 heavy (non-hydrogen) atoms. The third-order valence-electron chi connectivity index (χ3n) is 2.06. The molecule has 5 heteroatoms. The maximum absolute atomic E-state index is 11.7. The van der Waals surface area contributed by atoms with Gasteiger partial charge in [-0.15, -0.1) is 11.6 Å². The van der Waals surface area contributed by atoms with Crippen molar-refractivity contribution >= 4 is 21.7 Å². The van der Waals surface area contributed by atoms with Gasteiger partial charge in [-0.3, -0.25) is 4.18 Å². The van der Waals surface area contributed by atoms with Gasteiger partial charge in [-0.25, -0.2) is 0 Å². The largest absolute Gasteiger partial charge is 0.296 e. The summed E-state index contributed by atoms with van der Waals surface area (Å²) in [6, 6.07) is 6.55. The molecule has 0 fully saturated rings. The molecule has 0 N–H and O–H groups in total. The van der Waals surface area contributed by atoms with Crippen LogP contribution in [0.5, 0.6) is 0 Å². The molecule has 0 saturated heterocycles. The Bertz CT molecular complexity index is 423. The predicted molar refractivity (Wildman–Crippen MR) is 64.2 cm³/mol. The van der Waals surface area contributed by atoms with Crippen molar-refractivity contribution in [3.8, 4) is 0 Å². The van der Waals surface area contributed by atoms with Crippen LogP contribution in [0.1, 0.15) is 18.9 Å². The van der Waals surface area contributed by atoms with Crippen molar-refractivity contribution in [3.63, 3.8) is 0 Å². The van der Waals surface area contributed by atoms with Crippen molar-refractivity contribution in [2.75, 3.05) is 6.61 Å². The Kier molecular flexibility index (Phi) is 4.77. The molecule has 0 aromatic heterocycles. The summed E-state index contributed by atoms with van der Waals surface area (Å²) in [5.41, 5.74) is 1.01. The highest BCUT2D eigenvalue weighted by Gasteiger charge is 2.14. The predicted octanol–water partition coefficient (Wildman–Crippen LogP) is 2.72. The molecular weight excluding hydrogens is 248 g/mol. The maximum atomic E-state index is 11.7. The second-order valence-corrected chi connectivity index (χ2v) is 6.02. The second kappa shape index (κ2) is 5.66. The topological polar surface area (TPSA) is 43.4 Å². The molecule has 0 bridgehead atoms. The van der Waals surface area contributed by atoms with Crippen LogP contribution in [0.2, 0.25) is 0 Å². The van der Waals surface area contributed by atoms with Gasteiger partial charge in [0, 0.05) is 5.38 Å². The van der Waals surface area contributed by atoms with Gasteiger partial charge in [0.05, 0.1) is 11.5 Å². The van der Waals surface area contributed by atoms with E-state index >= 15 is 0 Å². The van der Waals surface area contributed by atoms with Crippen LogP contribution < -0.4 is 0 Å². The van der Waals surface area contributed by atoms with E-state index in [1.807, 2.05) is 6.92 Å². The molecule has 1 atom stereocenters. The standard InChI is InChI=1S/C11H15ClO3S/c1-9-3-5-11(6-4-9)16(13,14)15-8-7-10(2)12/h3-6,10H,7-8H2,1-2H3. The minimum absolute atomic E-state index is 0.0896. The fourth-order valence-corrected chi connectivity index (χ4v) is 2.10. The van der Waals surface area contributed by atoms with Crippen molar-refractivity contribution in [2.24, 2.45) is 0 Å². The van der Waals surface area contributed by atoms with Crippen molar-refractivity contribution in [3.05, 3.63) is 29.8 Å². The van der Waals surface area contributed by atoms with Gasteiger partial charge >= 0.3 is 0 Å². The molecule has 1 aromatic rings. The minimum Gasteiger partial charge on any atom is -0.266 e. The van der Waals surface area contributed by atoms with E-state index in [1.54, 1.807) is 19.1 Å². The third-order valence-corrected chi connectivity index (χ3v) is 3.61. The number of rotatable bonds is 5. The minimum atomic E-state index is -3.63. The molecule has 1 aromatic carbocycles. The van der Waals surface area contributed by atoms with Gasteiger partial charge < -0.3 is 0 Å². The molecule has 0 spiro atoms. The summed E-state index contributed by atoms with van der Waals surface area (Å²) in [6.45, 7) is 3.80. The molecule has 3 nitrogen and oxygen atoms in total. The number of aryl methyl sites for hydroxylation is 1. The smallest absolute Gasteiger partial charge is 0.266 e. The van der Waals surface area contributed by atoms with Crippen LogP contribution in [0.15, 0.2) is 29.2 Å². The zero-order chi connectivity index (χ0) is 12.2. The van der Waals surface area contributed by atoms with Crippen LogP contribution >= 0.6 is 11.6 Å². The van der Waals surface area contributed by atoms with Gasteiger partial charge in [-0.1, -0.05) is 17.7 Å². The Morgan fingerprint density at radius 2 is 1.88 bits per heavy atom. The summed E-state index contributed by atoms with van der Waals surface area (Å²) < 4.78 is 28.2. The van der Waals surface area contributed by atoms with E-state index in [-0.39, 0.29) is 16.9 Å². The van der Waals surface area contributed by atoms with Crippen LogP contribution in [0.3, 0.4) is 0 Å². The summed E-state index contributed by atoms with van der Waals surface area (Å²) in [7, 11) is -3.63. The van der Waals surface area contributed by atoms with Crippen LogP contribution in [-0.2, 0) is 14.3 Å². The fourth-order valence-electron chi connectivity index (χ4n) is 1.09. The molecule has 1 rings (SSSR count). The first-order valence-electron chi connectivity index (χ1n) is 5.02. The van der Waals surface area contributed by atoms with Gasteiger partial charge in [0.2, 0.25) is 0 Å². The van der Waals surface area contributed by atoms with E-state index < -0.39 is 10.1 Å². The lowest BCUT2D eigenvalue weighted by molar-refractivity contribution is 0.312. The Balaban J connectivity index is 2.67. The molecule has 0 aliphatic rings. The van der Waals surface area contributed by atoms with Gasteiger partial charge in [0.15, 0.2) is 0 Å². The van der Waals surface area contributed by atoms with E-state index in [2.05, 4.69) is 0 Å². The highest BCUT2D eigenvalue weighted by atomic mass is 35.5. The van der Waals surface area contributed by atoms with Crippen molar-refractivity contribution in [2.45, 2.75) is 30.5 Å². The summed E-state index contributed by atoms with van der Waals surface area (Å²) in [5.74, 6) is 0. The molecule has 0 amide bonds. The first-order valence-corrected chi connectivity index (χ1v) is 6.86.